The largest absolute Gasteiger partial charge is 0.302 e. The van der Waals surface area contributed by atoms with Crippen molar-refractivity contribution < 1.29 is 9.18 Å². The lowest BCUT2D eigenvalue weighted by Crippen LogP contribution is -2.14. The van der Waals surface area contributed by atoms with Gasteiger partial charge in [0.2, 0.25) is 5.91 Å². The molecule has 2 unspecified atom stereocenters. The molecule has 1 saturated carbocycles. The van der Waals surface area contributed by atoms with E-state index in [-0.39, 0.29) is 5.91 Å². The lowest BCUT2D eigenvalue weighted by molar-refractivity contribution is -0.117. The van der Waals surface area contributed by atoms with Crippen LogP contribution in [0, 0.1) is 19.8 Å². The van der Waals surface area contributed by atoms with Gasteiger partial charge in [0, 0.05) is 18.0 Å². The fourth-order valence-corrected chi connectivity index (χ4v) is 3.61. The van der Waals surface area contributed by atoms with Crippen molar-refractivity contribution >= 4 is 32.6 Å². The summed E-state index contributed by atoms with van der Waals surface area (Å²) in [6.07, 6.45) is 3.04. The molecule has 1 N–H and O–H groups in total. The van der Waals surface area contributed by atoms with Crippen LogP contribution in [0.1, 0.15) is 17.5 Å². The summed E-state index contributed by atoms with van der Waals surface area (Å²) in [7, 11) is 0. The molecule has 1 aliphatic carbocycles. The summed E-state index contributed by atoms with van der Waals surface area (Å²) in [5, 5.41) is 3.24. The van der Waals surface area contributed by atoms with Gasteiger partial charge in [-0.3, -0.25) is 9.78 Å². The lowest BCUT2D eigenvalue weighted by Gasteiger charge is -2.07. The van der Waals surface area contributed by atoms with Gasteiger partial charge < -0.3 is 5.32 Å². The summed E-state index contributed by atoms with van der Waals surface area (Å²) in [5.41, 5.74) is 5.34. The van der Waals surface area contributed by atoms with E-state index in [0.29, 0.717) is 11.6 Å². The molecule has 1 amide bonds. The van der Waals surface area contributed by atoms with Gasteiger partial charge in [0.15, 0.2) is 5.13 Å². The van der Waals surface area contributed by atoms with Gasteiger partial charge in [-0.15, -0.1) is 0 Å². The van der Waals surface area contributed by atoms with E-state index in [9.17, 15) is 9.18 Å². The second-order valence-corrected chi connectivity index (χ2v) is 7.21. The van der Waals surface area contributed by atoms with Gasteiger partial charge in [0.1, 0.15) is 6.17 Å². The van der Waals surface area contributed by atoms with Gasteiger partial charge >= 0.3 is 0 Å². The monoisotopic (exact) mass is 341 g/mol. The molecule has 1 fully saturated rings. The van der Waals surface area contributed by atoms with E-state index in [0.717, 1.165) is 26.9 Å². The second kappa shape index (κ2) is 5.63. The van der Waals surface area contributed by atoms with Gasteiger partial charge in [-0.1, -0.05) is 17.4 Å². The highest BCUT2D eigenvalue weighted by Gasteiger charge is 2.43. The minimum absolute atomic E-state index is 0.277. The number of nitrogens with one attached hydrogen (secondary N) is 1. The van der Waals surface area contributed by atoms with E-state index >= 15 is 0 Å². The van der Waals surface area contributed by atoms with Gasteiger partial charge in [0.05, 0.1) is 16.1 Å². The quantitative estimate of drug-likeness (QED) is 0.774. The number of fused-ring (bicyclic) bond motifs is 1. The van der Waals surface area contributed by atoms with E-state index in [1.807, 2.05) is 31.5 Å². The highest BCUT2D eigenvalue weighted by atomic mass is 32.1. The van der Waals surface area contributed by atoms with Crippen LogP contribution in [0.2, 0.25) is 0 Å². The zero-order chi connectivity index (χ0) is 16.8. The topological polar surface area (TPSA) is 54.9 Å². The van der Waals surface area contributed by atoms with E-state index < -0.39 is 12.1 Å². The first-order valence-electron chi connectivity index (χ1n) is 7.80. The van der Waals surface area contributed by atoms with Gasteiger partial charge in [0.25, 0.3) is 0 Å². The number of hydrogen-bond donors (Lipinski definition) is 1. The predicted octanol–water partition coefficient (Wildman–Crippen LogP) is 4.27. The van der Waals surface area contributed by atoms with Crippen molar-refractivity contribution in [1.82, 2.24) is 9.97 Å². The number of anilines is 1. The van der Waals surface area contributed by atoms with Crippen molar-refractivity contribution in [1.29, 1.82) is 0 Å². The number of aryl methyl sites for hydroxylation is 1. The summed E-state index contributed by atoms with van der Waals surface area (Å²) < 4.78 is 13.9. The van der Waals surface area contributed by atoms with Crippen LogP contribution >= 0.6 is 11.3 Å². The minimum atomic E-state index is -0.997. The van der Waals surface area contributed by atoms with Crippen LogP contribution in [0.3, 0.4) is 0 Å². The molecule has 0 bridgehead atoms. The van der Waals surface area contributed by atoms with Crippen LogP contribution in [-0.2, 0) is 4.79 Å². The fourth-order valence-electron chi connectivity index (χ4n) is 2.70. The molecule has 2 heterocycles. The van der Waals surface area contributed by atoms with Crippen LogP contribution in [0.25, 0.3) is 21.3 Å². The zero-order valence-electron chi connectivity index (χ0n) is 13.3. The fraction of sp³-hybridized carbons (Fsp3) is 0.278. The number of alkyl halides is 1. The molecular formula is C18H16FN3OS. The molecule has 6 heteroatoms. The Morgan fingerprint density at radius 3 is 2.88 bits per heavy atom. The first-order chi connectivity index (χ1) is 11.5. The Hall–Kier alpha value is -2.34. The standard InChI is InChI=1S/C18H16FN3OS/c1-9-7-20-8-13(10(9)2)11-3-4-15-16(5-11)24-18(21-15)22-17(23)12-6-14(12)19/h3-5,7-8,12,14H,6H2,1-2H3,(H,21,22,23). The summed E-state index contributed by atoms with van der Waals surface area (Å²) in [6, 6.07) is 6.00. The molecule has 2 atom stereocenters. The number of carbonyl (C=O) groups excluding carboxylic acids is 1. The number of thiazole rings is 1. The summed E-state index contributed by atoms with van der Waals surface area (Å²) in [6.45, 7) is 4.12. The smallest absolute Gasteiger partial charge is 0.232 e. The van der Waals surface area contributed by atoms with Crippen molar-refractivity contribution in [3.8, 4) is 11.1 Å². The third-order valence-corrected chi connectivity index (χ3v) is 5.38. The Morgan fingerprint density at radius 2 is 2.12 bits per heavy atom. The Bertz CT molecular complexity index is 953. The Labute approximate surface area is 142 Å². The van der Waals surface area contributed by atoms with Crippen molar-refractivity contribution in [2.75, 3.05) is 5.32 Å². The number of pyridine rings is 1. The van der Waals surface area contributed by atoms with E-state index in [2.05, 4.69) is 28.3 Å². The average Bonchev–Trinajstić information content (AvgIpc) is 3.15. The number of hydrogen-bond acceptors (Lipinski definition) is 4. The number of rotatable bonds is 3. The van der Waals surface area contributed by atoms with E-state index in [4.69, 9.17) is 0 Å². The number of nitrogens with zero attached hydrogens (tertiary/aromatic N) is 2. The number of amides is 1. The molecule has 2 aromatic heterocycles. The Balaban J connectivity index is 1.66. The SMILES string of the molecule is Cc1cncc(-c2ccc3nc(NC(=O)C4CC4F)sc3c2)c1C. The average molecular weight is 341 g/mol. The summed E-state index contributed by atoms with van der Waals surface area (Å²) >= 11 is 1.40. The predicted molar refractivity (Wildman–Crippen MR) is 94.0 cm³/mol. The number of halogens is 1. The number of aromatic nitrogens is 2. The first kappa shape index (κ1) is 15.2. The van der Waals surface area contributed by atoms with E-state index in [1.54, 1.807) is 0 Å². The van der Waals surface area contributed by atoms with Crippen molar-refractivity contribution in [2.45, 2.75) is 26.4 Å². The molecule has 4 rings (SSSR count). The maximum atomic E-state index is 13.0. The molecule has 0 spiro atoms. The van der Waals surface area contributed by atoms with Gasteiger partial charge in [-0.2, -0.15) is 0 Å². The number of carbonyl (C=O) groups is 1. The highest BCUT2D eigenvalue weighted by Crippen LogP contribution is 2.36. The van der Waals surface area contributed by atoms with E-state index in [1.165, 1.54) is 16.9 Å². The van der Waals surface area contributed by atoms with Crippen molar-refractivity contribution in [3.63, 3.8) is 0 Å². The Kier molecular flexibility index (Phi) is 3.57. The van der Waals surface area contributed by atoms with Crippen LogP contribution in [-0.4, -0.2) is 22.0 Å². The third kappa shape index (κ3) is 2.67. The summed E-state index contributed by atoms with van der Waals surface area (Å²) in [5.74, 6) is -0.783. The molecule has 1 aromatic carbocycles. The van der Waals surface area contributed by atoms with Crippen LogP contribution in [0.4, 0.5) is 9.52 Å². The third-order valence-electron chi connectivity index (χ3n) is 4.45. The molecule has 122 valence electrons. The highest BCUT2D eigenvalue weighted by molar-refractivity contribution is 7.22. The molecule has 24 heavy (non-hydrogen) atoms. The molecule has 0 aliphatic heterocycles. The first-order valence-corrected chi connectivity index (χ1v) is 8.61. The van der Waals surface area contributed by atoms with Crippen LogP contribution in [0.15, 0.2) is 30.6 Å². The van der Waals surface area contributed by atoms with Crippen molar-refractivity contribution in [2.24, 2.45) is 5.92 Å². The van der Waals surface area contributed by atoms with Gasteiger partial charge in [-0.25, -0.2) is 9.37 Å². The van der Waals surface area contributed by atoms with Crippen LogP contribution in [0.5, 0.6) is 0 Å². The zero-order valence-corrected chi connectivity index (χ0v) is 14.2. The van der Waals surface area contributed by atoms with Crippen molar-refractivity contribution in [3.05, 3.63) is 41.7 Å². The summed E-state index contributed by atoms with van der Waals surface area (Å²) in [4.78, 5) is 20.5. The maximum absolute atomic E-state index is 13.0. The molecule has 0 radical (unpaired) electrons. The molecule has 3 aromatic rings. The minimum Gasteiger partial charge on any atom is -0.302 e. The molecule has 4 nitrogen and oxygen atoms in total. The molecule has 0 saturated heterocycles. The van der Waals surface area contributed by atoms with Gasteiger partial charge in [-0.05, 0) is 49.1 Å². The lowest BCUT2D eigenvalue weighted by atomic mass is 10.00. The Morgan fingerprint density at radius 1 is 1.33 bits per heavy atom. The molecular weight excluding hydrogens is 325 g/mol. The van der Waals surface area contributed by atoms with Crippen LogP contribution < -0.4 is 5.32 Å². The second-order valence-electron chi connectivity index (χ2n) is 6.18. The number of benzene rings is 1. The maximum Gasteiger partial charge on any atom is 0.232 e. The molecule has 1 aliphatic rings. The normalized spacial score (nSPS) is 19.5.